The van der Waals surface area contributed by atoms with Gasteiger partial charge in [-0.05, 0) is 26.0 Å². The minimum atomic E-state index is -3.94. The van der Waals surface area contributed by atoms with Gasteiger partial charge >= 0.3 is 10.1 Å². The number of carbonyl (C=O) groups excluding carboxylic acids is 1. The highest BCUT2D eigenvalue weighted by Crippen LogP contribution is 2.29. The van der Waals surface area contributed by atoms with Crippen molar-refractivity contribution in [1.29, 1.82) is 0 Å². The summed E-state index contributed by atoms with van der Waals surface area (Å²) in [5, 5.41) is 0.870. The molecule has 2 atom stereocenters. The molecule has 1 aliphatic rings. The summed E-state index contributed by atoms with van der Waals surface area (Å²) in [6.07, 6.45) is 0. The molecule has 0 aliphatic carbocycles. The first kappa shape index (κ1) is 13.5. The summed E-state index contributed by atoms with van der Waals surface area (Å²) in [6, 6.07) is 5.93. The Morgan fingerprint density at radius 2 is 1.83 bits per heavy atom. The van der Waals surface area contributed by atoms with Gasteiger partial charge in [-0.15, -0.1) is 4.28 Å². The Balaban J connectivity index is 2.18. The van der Waals surface area contributed by atoms with E-state index in [1.165, 1.54) is 12.1 Å². The van der Waals surface area contributed by atoms with Gasteiger partial charge in [0.15, 0.2) is 0 Å². The van der Waals surface area contributed by atoms with Crippen molar-refractivity contribution >= 4 is 32.0 Å². The van der Waals surface area contributed by atoms with E-state index in [0.717, 1.165) is 10.6 Å². The number of alkyl halides is 1. The predicted octanol–water partition coefficient (Wildman–Crippen LogP) is 1.61. The number of benzene rings is 1. The van der Waals surface area contributed by atoms with E-state index in [2.05, 4.69) is 15.9 Å². The van der Waals surface area contributed by atoms with Crippen LogP contribution in [0, 0.1) is 6.92 Å². The van der Waals surface area contributed by atoms with E-state index >= 15 is 0 Å². The number of rotatable bonds is 3. The highest BCUT2D eigenvalue weighted by Gasteiger charge is 2.46. The van der Waals surface area contributed by atoms with Gasteiger partial charge in [-0.25, -0.2) is 0 Å². The average molecular weight is 334 g/mol. The smallest absolute Gasteiger partial charge is 0.271 e. The fourth-order valence-corrected chi connectivity index (χ4v) is 2.92. The minimum absolute atomic E-state index is 0.0334. The van der Waals surface area contributed by atoms with Crippen LogP contribution in [-0.4, -0.2) is 30.3 Å². The van der Waals surface area contributed by atoms with Crippen LogP contribution in [0.3, 0.4) is 0 Å². The molecular formula is C11H12BrNO4S. The number of amides is 1. The topological polar surface area (TPSA) is 63.7 Å². The number of β-lactam (4-membered cyclic amide) rings is 1. The maximum absolute atomic E-state index is 11.9. The molecule has 5 nitrogen and oxygen atoms in total. The molecule has 1 fully saturated rings. The Morgan fingerprint density at radius 1 is 1.28 bits per heavy atom. The Bertz CT molecular complexity index is 569. The van der Waals surface area contributed by atoms with Crippen molar-refractivity contribution in [3.05, 3.63) is 29.8 Å². The molecule has 0 N–H and O–H groups in total. The van der Waals surface area contributed by atoms with Crippen molar-refractivity contribution in [2.75, 3.05) is 0 Å². The van der Waals surface area contributed by atoms with Gasteiger partial charge in [-0.3, -0.25) is 4.79 Å². The molecule has 1 aromatic rings. The normalized spacial score (nSPS) is 23.9. The molecule has 0 aromatic heterocycles. The van der Waals surface area contributed by atoms with Crippen LogP contribution >= 0.6 is 15.9 Å². The number of hydrogen-bond acceptors (Lipinski definition) is 4. The summed E-state index contributed by atoms with van der Waals surface area (Å²) in [5.74, 6) is -0.391. The molecule has 1 amide bonds. The quantitative estimate of drug-likeness (QED) is 0.622. The molecule has 18 heavy (non-hydrogen) atoms. The van der Waals surface area contributed by atoms with Crippen molar-refractivity contribution in [2.45, 2.75) is 29.6 Å². The molecule has 0 spiro atoms. The highest BCUT2D eigenvalue weighted by atomic mass is 79.9. The van der Waals surface area contributed by atoms with E-state index < -0.39 is 16.0 Å². The zero-order chi connectivity index (χ0) is 13.5. The number of hydrogen-bond donors (Lipinski definition) is 0. The lowest BCUT2D eigenvalue weighted by Crippen LogP contribution is -2.60. The summed E-state index contributed by atoms with van der Waals surface area (Å²) in [4.78, 5) is 11.1. The summed E-state index contributed by atoms with van der Waals surface area (Å²) in [7, 11) is -3.94. The number of halogens is 1. The second-order valence-electron chi connectivity index (χ2n) is 4.15. The first-order valence-corrected chi connectivity index (χ1v) is 7.64. The molecule has 2 unspecified atom stereocenters. The van der Waals surface area contributed by atoms with Crippen molar-refractivity contribution in [3.63, 3.8) is 0 Å². The van der Waals surface area contributed by atoms with Gasteiger partial charge in [0.2, 0.25) is 0 Å². The first-order chi connectivity index (χ1) is 8.33. The second kappa shape index (κ2) is 4.64. The SMILES string of the molecule is Cc1ccc(S(=O)(=O)ON2C(=O)C(Br)C2C)cc1. The Kier molecular flexibility index (Phi) is 3.48. The van der Waals surface area contributed by atoms with Crippen molar-refractivity contribution in [3.8, 4) is 0 Å². The number of carbonyl (C=O) groups is 1. The standard InChI is InChI=1S/C11H12BrNO4S/c1-7-3-5-9(6-4-7)18(15,16)17-13-8(2)10(12)11(13)14/h3-6,8,10H,1-2H3. The van der Waals surface area contributed by atoms with Crippen LogP contribution in [0.2, 0.25) is 0 Å². The zero-order valence-corrected chi connectivity index (χ0v) is 12.2. The summed E-state index contributed by atoms with van der Waals surface area (Å²) in [6.45, 7) is 3.55. The Hall–Kier alpha value is -0.920. The van der Waals surface area contributed by atoms with E-state index in [9.17, 15) is 13.2 Å². The molecule has 98 valence electrons. The maximum Gasteiger partial charge on any atom is 0.317 e. The van der Waals surface area contributed by atoms with E-state index in [4.69, 9.17) is 4.28 Å². The fourth-order valence-electron chi connectivity index (χ4n) is 1.52. The second-order valence-corrected chi connectivity index (χ2v) is 6.66. The van der Waals surface area contributed by atoms with Gasteiger partial charge in [-0.1, -0.05) is 33.6 Å². The van der Waals surface area contributed by atoms with Crippen LogP contribution in [0.4, 0.5) is 0 Å². The fraction of sp³-hybridized carbons (Fsp3) is 0.364. The Labute approximate surface area is 114 Å². The van der Waals surface area contributed by atoms with Gasteiger partial charge in [0, 0.05) is 0 Å². The predicted molar refractivity (Wildman–Crippen MR) is 68.5 cm³/mol. The lowest BCUT2D eigenvalue weighted by Gasteiger charge is -2.39. The first-order valence-electron chi connectivity index (χ1n) is 5.31. The van der Waals surface area contributed by atoms with E-state index in [1.807, 2.05) is 6.92 Å². The highest BCUT2D eigenvalue weighted by molar-refractivity contribution is 9.10. The summed E-state index contributed by atoms with van der Waals surface area (Å²) in [5.41, 5.74) is 0.947. The van der Waals surface area contributed by atoms with Crippen molar-refractivity contribution in [1.82, 2.24) is 5.06 Å². The number of aryl methyl sites for hydroxylation is 1. The van der Waals surface area contributed by atoms with Crippen LogP contribution in [0.25, 0.3) is 0 Å². The molecule has 0 radical (unpaired) electrons. The lowest BCUT2D eigenvalue weighted by atomic mass is 10.1. The van der Waals surface area contributed by atoms with Gasteiger partial charge in [0.05, 0.1) is 10.9 Å². The lowest BCUT2D eigenvalue weighted by molar-refractivity contribution is -0.183. The zero-order valence-electron chi connectivity index (χ0n) is 9.83. The van der Waals surface area contributed by atoms with E-state index in [1.54, 1.807) is 19.1 Å². The third-order valence-corrected chi connectivity index (χ3v) is 5.10. The summed E-state index contributed by atoms with van der Waals surface area (Å²) >= 11 is 3.14. The third-order valence-electron chi connectivity index (χ3n) is 2.73. The minimum Gasteiger partial charge on any atom is -0.271 e. The van der Waals surface area contributed by atoms with Crippen molar-refractivity contribution < 1.29 is 17.5 Å². The average Bonchev–Trinajstić information content (AvgIpc) is 2.35. The van der Waals surface area contributed by atoms with E-state index in [0.29, 0.717) is 0 Å². The monoisotopic (exact) mass is 333 g/mol. The third kappa shape index (κ3) is 2.30. The van der Waals surface area contributed by atoms with Gasteiger partial charge in [0.1, 0.15) is 4.83 Å². The van der Waals surface area contributed by atoms with Crippen LogP contribution in [-0.2, 0) is 19.2 Å². The van der Waals surface area contributed by atoms with Crippen molar-refractivity contribution in [2.24, 2.45) is 0 Å². The molecule has 1 saturated heterocycles. The molecule has 2 rings (SSSR count). The molecule has 1 aliphatic heterocycles. The van der Waals surface area contributed by atoms with Crippen LogP contribution in [0.15, 0.2) is 29.2 Å². The number of nitrogens with zero attached hydrogens (tertiary/aromatic N) is 1. The molecule has 7 heteroatoms. The Morgan fingerprint density at radius 3 is 2.33 bits per heavy atom. The van der Waals surface area contributed by atoms with Gasteiger partial charge in [0.25, 0.3) is 5.91 Å². The van der Waals surface area contributed by atoms with Crippen LogP contribution in [0.1, 0.15) is 12.5 Å². The molecule has 1 aromatic carbocycles. The van der Waals surface area contributed by atoms with Crippen LogP contribution < -0.4 is 0 Å². The molecule has 0 saturated carbocycles. The largest absolute Gasteiger partial charge is 0.317 e. The van der Waals surface area contributed by atoms with E-state index in [-0.39, 0.29) is 15.8 Å². The molecule has 0 bridgehead atoms. The van der Waals surface area contributed by atoms with Crippen LogP contribution in [0.5, 0.6) is 0 Å². The molecular weight excluding hydrogens is 322 g/mol. The summed E-state index contributed by atoms with van der Waals surface area (Å²) < 4.78 is 28.6. The maximum atomic E-state index is 11.9. The number of hydroxylamine groups is 2. The molecule has 1 heterocycles. The van der Waals surface area contributed by atoms with Gasteiger partial charge < -0.3 is 0 Å². The van der Waals surface area contributed by atoms with Gasteiger partial charge in [-0.2, -0.15) is 13.5 Å².